The molecule has 70 valence electrons. The van der Waals surface area contributed by atoms with Crippen LogP contribution < -0.4 is 4.52 Å². The highest BCUT2D eigenvalue weighted by atomic mass is 35.5. The van der Waals surface area contributed by atoms with Crippen LogP contribution in [0, 0.1) is 0 Å². The Labute approximate surface area is 81.1 Å². The summed E-state index contributed by atoms with van der Waals surface area (Å²) in [7, 11) is -2.88. The predicted molar refractivity (Wildman–Crippen MR) is 50.4 cm³/mol. The van der Waals surface area contributed by atoms with Crippen molar-refractivity contribution in [2.24, 2.45) is 0 Å². The molecule has 1 heterocycles. The first kappa shape index (κ1) is 9.07. The molecule has 0 fully saturated rings. The van der Waals surface area contributed by atoms with Crippen LogP contribution in [0.3, 0.4) is 0 Å². The molecule has 1 aliphatic heterocycles. The minimum absolute atomic E-state index is 0.295. The van der Waals surface area contributed by atoms with Crippen molar-refractivity contribution < 1.29 is 13.6 Å². The van der Waals surface area contributed by atoms with Crippen LogP contribution in [0.2, 0.25) is 5.02 Å². The Kier molecular flexibility index (Phi) is 2.11. The van der Waals surface area contributed by atoms with E-state index in [4.69, 9.17) is 20.6 Å². The van der Waals surface area contributed by atoms with Gasteiger partial charge in [-0.3, -0.25) is 4.52 Å². The van der Waals surface area contributed by atoms with Crippen LogP contribution in [0.1, 0.15) is 5.56 Å². The summed E-state index contributed by atoms with van der Waals surface area (Å²) < 4.78 is 21.6. The van der Waals surface area contributed by atoms with Gasteiger partial charge in [0.1, 0.15) is 5.75 Å². The lowest BCUT2D eigenvalue weighted by Gasteiger charge is -2.22. The zero-order valence-electron chi connectivity index (χ0n) is 6.99. The smallest absolute Gasteiger partial charge is 0.376 e. The molecule has 0 radical (unpaired) electrons. The topological polar surface area (TPSA) is 35.5 Å². The van der Waals surface area contributed by atoms with Gasteiger partial charge in [-0.2, -0.15) is 0 Å². The Hall–Kier alpha value is -0.500. The summed E-state index contributed by atoms with van der Waals surface area (Å²) in [5.74, 6) is 0.599. The first-order valence-corrected chi connectivity index (χ1v) is 6.14. The summed E-state index contributed by atoms with van der Waals surface area (Å²) in [6, 6.07) is 5.15. The second-order valence-corrected chi connectivity index (χ2v) is 5.31. The summed E-state index contributed by atoms with van der Waals surface area (Å²) in [4.78, 5) is 0. The van der Waals surface area contributed by atoms with Gasteiger partial charge in [-0.05, 0) is 18.2 Å². The summed E-state index contributed by atoms with van der Waals surface area (Å²) in [5.41, 5.74) is 0.834. The zero-order chi connectivity index (χ0) is 9.47. The van der Waals surface area contributed by atoms with Gasteiger partial charge in [0.25, 0.3) is 0 Å². The third-order valence-electron chi connectivity index (χ3n) is 1.74. The molecular weight excluding hydrogens is 211 g/mol. The SMILES string of the molecule is CP1(=O)OCc2cc(Cl)ccc2O1. The standard InChI is InChI=1S/C8H8ClO3P/c1-13(10)11-5-6-4-7(9)2-3-8(6)12-13/h2-4H,5H2,1H3. The van der Waals surface area contributed by atoms with Gasteiger partial charge in [0.05, 0.1) is 6.61 Å². The fourth-order valence-electron chi connectivity index (χ4n) is 1.14. The molecule has 1 unspecified atom stereocenters. The van der Waals surface area contributed by atoms with E-state index in [-0.39, 0.29) is 0 Å². The molecule has 1 aliphatic rings. The van der Waals surface area contributed by atoms with Gasteiger partial charge in [0, 0.05) is 17.3 Å². The van der Waals surface area contributed by atoms with Crippen LogP contribution in [0.25, 0.3) is 0 Å². The molecule has 1 aromatic rings. The van der Waals surface area contributed by atoms with E-state index in [1.165, 1.54) is 6.66 Å². The Morgan fingerprint density at radius 1 is 1.54 bits per heavy atom. The lowest BCUT2D eigenvalue weighted by Crippen LogP contribution is -2.05. The fourth-order valence-corrected chi connectivity index (χ4v) is 2.30. The largest absolute Gasteiger partial charge is 0.424 e. The predicted octanol–water partition coefficient (Wildman–Crippen LogP) is 3.07. The average Bonchev–Trinajstić information content (AvgIpc) is 2.05. The van der Waals surface area contributed by atoms with E-state index < -0.39 is 7.60 Å². The third kappa shape index (κ3) is 1.88. The first-order chi connectivity index (χ1) is 6.07. The molecule has 2 rings (SSSR count). The van der Waals surface area contributed by atoms with E-state index >= 15 is 0 Å². The van der Waals surface area contributed by atoms with Crippen LogP contribution in [-0.2, 0) is 15.7 Å². The van der Waals surface area contributed by atoms with Gasteiger partial charge in [-0.25, -0.2) is 4.57 Å². The molecule has 0 N–H and O–H groups in total. The summed E-state index contributed by atoms with van der Waals surface area (Å²) in [6.45, 7) is 1.74. The maximum atomic E-state index is 11.4. The van der Waals surface area contributed by atoms with Crippen LogP contribution in [-0.4, -0.2) is 6.66 Å². The monoisotopic (exact) mass is 218 g/mol. The molecule has 0 bridgehead atoms. The van der Waals surface area contributed by atoms with Crippen molar-refractivity contribution in [3.63, 3.8) is 0 Å². The van der Waals surface area contributed by atoms with Gasteiger partial charge in [0.15, 0.2) is 0 Å². The van der Waals surface area contributed by atoms with Gasteiger partial charge < -0.3 is 4.52 Å². The Morgan fingerprint density at radius 3 is 3.08 bits per heavy atom. The Balaban J connectivity index is 2.43. The minimum Gasteiger partial charge on any atom is -0.424 e. The lowest BCUT2D eigenvalue weighted by atomic mass is 10.2. The molecule has 5 heteroatoms. The molecule has 13 heavy (non-hydrogen) atoms. The summed E-state index contributed by atoms with van der Waals surface area (Å²) in [5, 5.41) is 0.624. The lowest BCUT2D eigenvalue weighted by molar-refractivity contribution is 0.237. The van der Waals surface area contributed by atoms with Crippen molar-refractivity contribution in [2.45, 2.75) is 6.61 Å². The highest BCUT2D eigenvalue weighted by molar-refractivity contribution is 7.53. The number of hydrogen-bond acceptors (Lipinski definition) is 3. The van der Waals surface area contributed by atoms with Crippen molar-refractivity contribution in [1.82, 2.24) is 0 Å². The van der Waals surface area contributed by atoms with Crippen molar-refractivity contribution in [3.8, 4) is 5.75 Å². The maximum Gasteiger partial charge on any atom is 0.376 e. The molecule has 1 aromatic carbocycles. The fraction of sp³-hybridized carbons (Fsp3) is 0.250. The number of hydrogen-bond donors (Lipinski definition) is 0. The first-order valence-electron chi connectivity index (χ1n) is 3.77. The van der Waals surface area contributed by atoms with Crippen molar-refractivity contribution in [2.75, 3.05) is 6.66 Å². The van der Waals surface area contributed by atoms with Crippen LogP contribution in [0.5, 0.6) is 5.75 Å². The normalized spacial score (nSPS) is 26.3. The molecular formula is C8H8ClO3P. The van der Waals surface area contributed by atoms with E-state index in [9.17, 15) is 4.57 Å². The zero-order valence-corrected chi connectivity index (χ0v) is 8.64. The molecule has 0 aliphatic carbocycles. The molecule has 3 nitrogen and oxygen atoms in total. The van der Waals surface area contributed by atoms with Crippen LogP contribution >= 0.6 is 19.2 Å². The quantitative estimate of drug-likeness (QED) is 0.628. The number of rotatable bonds is 0. The van der Waals surface area contributed by atoms with Gasteiger partial charge in [-0.1, -0.05) is 11.6 Å². The number of halogens is 1. The van der Waals surface area contributed by atoms with Crippen molar-refractivity contribution in [1.29, 1.82) is 0 Å². The Bertz CT molecular complexity index is 391. The Morgan fingerprint density at radius 2 is 2.31 bits per heavy atom. The summed E-state index contributed by atoms with van der Waals surface area (Å²) in [6.07, 6.45) is 0. The number of fused-ring (bicyclic) bond motifs is 1. The minimum atomic E-state index is -2.88. The van der Waals surface area contributed by atoms with Gasteiger partial charge in [0.2, 0.25) is 0 Å². The van der Waals surface area contributed by atoms with E-state index in [0.717, 1.165) is 5.56 Å². The van der Waals surface area contributed by atoms with E-state index in [0.29, 0.717) is 17.4 Å². The number of benzene rings is 1. The maximum absolute atomic E-state index is 11.4. The van der Waals surface area contributed by atoms with Crippen molar-refractivity contribution in [3.05, 3.63) is 28.8 Å². The van der Waals surface area contributed by atoms with Gasteiger partial charge >= 0.3 is 7.60 Å². The molecule has 0 saturated heterocycles. The van der Waals surface area contributed by atoms with Crippen LogP contribution in [0.15, 0.2) is 18.2 Å². The molecule has 0 amide bonds. The van der Waals surface area contributed by atoms with E-state index in [1.807, 2.05) is 0 Å². The molecule has 0 saturated carbocycles. The highest BCUT2D eigenvalue weighted by Crippen LogP contribution is 2.50. The average molecular weight is 219 g/mol. The van der Waals surface area contributed by atoms with Crippen LogP contribution in [0.4, 0.5) is 0 Å². The van der Waals surface area contributed by atoms with Crippen molar-refractivity contribution >= 4 is 19.2 Å². The van der Waals surface area contributed by atoms with E-state index in [1.54, 1.807) is 18.2 Å². The molecule has 0 aromatic heterocycles. The highest BCUT2D eigenvalue weighted by Gasteiger charge is 2.25. The van der Waals surface area contributed by atoms with Gasteiger partial charge in [-0.15, -0.1) is 0 Å². The van der Waals surface area contributed by atoms with E-state index in [2.05, 4.69) is 0 Å². The molecule has 1 atom stereocenters. The second-order valence-electron chi connectivity index (χ2n) is 2.89. The second kappa shape index (κ2) is 3.02. The third-order valence-corrected chi connectivity index (χ3v) is 3.10. The summed E-state index contributed by atoms with van der Waals surface area (Å²) >= 11 is 5.77. The molecule has 0 spiro atoms.